The fraction of sp³-hybridized carbons (Fsp3) is 0.0769. The van der Waals surface area contributed by atoms with Crippen LogP contribution in [0.1, 0.15) is 16.7 Å². The van der Waals surface area contributed by atoms with E-state index in [9.17, 15) is 10.1 Å². The molecule has 0 unspecified atom stereocenters. The van der Waals surface area contributed by atoms with Crippen LogP contribution in [0, 0.1) is 28.4 Å². The zero-order valence-electron chi connectivity index (χ0n) is 10.3. The molecule has 5 nitrogen and oxygen atoms in total. The molecule has 0 saturated carbocycles. The molecule has 0 aliphatic carbocycles. The summed E-state index contributed by atoms with van der Waals surface area (Å²) in [4.78, 5) is 14.6. The van der Waals surface area contributed by atoms with Gasteiger partial charge >= 0.3 is 0 Å². The summed E-state index contributed by atoms with van der Waals surface area (Å²) in [6.45, 7) is 1.85. The fourth-order valence-corrected chi connectivity index (χ4v) is 2.78. The lowest BCUT2D eigenvalue weighted by Gasteiger charge is -1.97. The number of rotatable bonds is 3. The van der Waals surface area contributed by atoms with Gasteiger partial charge in [0.1, 0.15) is 11.1 Å². The molecule has 0 N–H and O–H groups in total. The quantitative estimate of drug-likeness (QED) is 0.469. The zero-order chi connectivity index (χ0) is 14.7. The van der Waals surface area contributed by atoms with E-state index in [0.29, 0.717) is 20.6 Å². The average Bonchev–Trinajstić information content (AvgIpc) is 2.77. The van der Waals surface area contributed by atoms with Crippen LogP contribution in [-0.2, 0) is 0 Å². The van der Waals surface area contributed by atoms with Gasteiger partial charge in [0.2, 0.25) is 0 Å². The summed E-state index contributed by atoms with van der Waals surface area (Å²) >= 11 is 4.50. The number of hydrogen-bond acceptors (Lipinski definition) is 5. The van der Waals surface area contributed by atoms with Crippen LogP contribution in [0.4, 0.5) is 10.7 Å². The number of nitrogens with zero attached hydrogens (tertiary/aromatic N) is 3. The molecule has 2 aromatic rings. The molecule has 0 fully saturated rings. The van der Waals surface area contributed by atoms with E-state index < -0.39 is 4.92 Å². The van der Waals surface area contributed by atoms with Crippen LogP contribution in [0.2, 0.25) is 0 Å². The lowest BCUT2D eigenvalue weighted by molar-refractivity contribution is -0.385. The zero-order valence-corrected chi connectivity index (χ0v) is 12.7. The van der Waals surface area contributed by atoms with Gasteiger partial charge in [-0.3, -0.25) is 10.1 Å². The molecule has 0 spiro atoms. The van der Waals surface area contributed by atoms with E-state index in [1.807, 2.05) is 12.3 Å². The van der Waals surface area contributed by atoms with Crippen LogP contribution in [-0.4, -0.2) is 11.1 Å². The standard InChI is InChI=1S/C13H8BrN3O2S/c1-8-7-20-13(10(8)5-15)16-6-9-2-3-11(14)12(4-9)17(18)19/h2-4,6-7H,1H3/b16-6+. The van der Waals surface area contributed by atoms with Crippen LogP contribution in [0.5, 0.6) is 0 Å². The van der Waals surface area contributed by atoms with Crippen molar-refractivity contribution in [2.75, 3.05) is 0 Å². The Morgan fingerprint density at radius 3 is 2.95 bits per heavy atom. The van der Waals surface area contributed by atoms with Crippen molar-refractivity contribution < 1.29 is 4.92 Å². The van der Waals surface area contributed by atoms with Gasteiger partial charge in [0.05, 0.1) is 15.0 Å². The van der Waals surface area contributed by atoms with Gasteiger partial charge in [-0.05, 0) is 45.4 Å². The minimum Gasteiger partial charge on any atom is -0.258 e. The highest BCUT2D eigenvalue weighted by molar-refractivity contribution is 9.10. The molecular formula is C13H8BrN3O2S. The van der Waals surface area contributed by atoms with Crippen LogP contribution in [0.15, 0.2) is 33.0 Å². The van der Waals surface area contributed by atoms with E-state index in [1.165, 1.54) is 23.6 Å². The van der Waals surface area contributed by atoms with Gasteiger partial charge in [-0.2, -0.15) is 5.26 Å². The van der Waals surface area contributed by atoms with Crippen LogP contribution >= 0.6 is 27.3 Å². The molecule has 0 atom stereocenters. The third-order valence-corrected chi connectivity index (χ3v) is 4.24. The molecule has 100 valence electrons. The fourth-order valence-electron chi connectivity index (χ4n) is 1.54. The largest absolute Gasteiger partial charge is 0.284 e. The Morgan fingerprint density at radius 1 is 1.55 bits per heavy atom. The molecule has 20 heavy (non-hydrogen) atoms. The summed E-state index contributed by atoms with van der Waals surface area (Å²) in [6, 6.07) is 6.85. The minimum atomic E-state index is -0.461. The second kappa shape index (κ2) is 5.94. The molecule has 0 aliphatic heterocycles. The normalized spacial score (nSPS) is 10.7. The Balaban J connectivity index is 2.35. The lowest BCUT2D eigenvalue weighted by Crippen LogP contribution is -1.91. The first kappa shape index (κ1) is 14.4. The summed E-state index contributed by atoms with van der Waals surface area (Å²) in [5.74, 6) is 0. The maximum atomic E-state index is 10.8. The van der Waals surface area contributed by atoms with E-state index in [-0.39, 0.29) is 5.69 Å². The number of nitro benzene ring substituents is 1. The first-order valence-corrected chi connectivity index (χ1v) is 7.16. The number of nitriles is 1. The maximum Gasteiger partial charge on any atom is 0.284 e. The molecule has 7 heteroatoms. The van der Waals surface area contributed by atoms with Gasteiger partial charge in [0.25, 0.3) is 5.69 Å². The van der Waals surface area contributed by atoms with Crippen molar-refractivity contribution in [3.8, 4) is 6.07 Å². The summed E-state index contributed by atoms with van der Waals surface area (Å²) < 4.78 is 0.421. The molecule has 0 aliphatic rings. The molecule has 0 bridgehead atoms. The lowest BCUT2D eigenvalue weighted by atomic mass is 10.2. The number of aliphatic imine (C=N–C) groups is 1. The van der Waals surface area contributed by atoms with E-state index in [0.717, 1.165) is 5.56 Å². The van der Waals surface area contributed by atoms with Crippen molar-refractivity contribution >= 4 is 44.2 Å². The van der Waals surface area contributed by atoms with Gasteiger partial charge in [-0.25, -0.2) is 4.99 Å². The van der Waals surface area contributed by atoms with Crippen molar-refractivity contribution in [1.29, 1.82) is 5.26 Å². The number of aryl methyl sites for hydroxylation is 1. The molecule has 0 saturated heterocycles. The SMILES string of the molecule is Cc1csc(/N=C/c2ccc(Br)c([N+](=O)[O-])c2)c1C#N. The highest BCUT2D eigenvalue weighted by atomic mass is 79.9. The third-order valence-electron chi connectivity index (χ3n) is 2.57. The summed E-state index contributed by atoms with van der Waals surface area (Å²) in [5, 5.41) is 22.3. The Bertz CT molecular complexity index is 747. The molecule has 1 aromatic carbocycles. The van der Waals surface area contributed by atoms with Gasteiger partial charge in [-0.1, -0.05) is 6.07 Å². The number of hydrogen-bond donors (Lipinski definition) is 0. The van der Waals surface area contributed by atoms with E-state index in [1.54, 1.807) is 12.1 Å². The van der Waals surface area contributed by atoms with Crippen LogP contribution < -0.4 is 0 Å². The van der Waals surface area contributed by atoms with Crippen molar-refractivity contribution in [2.24, 2.45) is 4.99 Å². The predicted octanol–water partition coefficient (Wildman–Crippen LogP) is 4.35. The average molecular weight is 350 g/mol. The second-order valence-electron chi connectivity index (χ2n) is 3.94. The predicted molar refractivity (Wildman–Crippen MR) is 81.8 cm³/mol. The molecule has 1 heterocycles. The first-order valence-electron chi connectivity index (χ1n) is 5.49. The number of benzene rings is 1. The maximum absolute atomic E-state index is 10.8. The molecule has 2 rings (SSSR count). The van der Waals surface area contributed by atoms with Crippen LogP contribution in [0.25, 0.3) is 0 Å². The van der Waals surface area contributed by atoms with Crippen LogP contribution in [0.3, 0.4) is 0 Å². The third kappa shape index (κ3) is 2.92. The number of halogens is 1. The highest BCUT2D eigenvalue weighted by Gasteiger charge is 2.12. The minimum absolute atomic E-state index is 0.0168. The molecule has 0 amide bonds. The van der Waals surface area contributed by atoms with Crippen molar-refractivity contribution in [1.82, 2.24) is 0 Å². The number of nitro groups is 1. The topological polar surface area (TPSA) is 79.3 Å². The highest BCUT2D eigenvalue weighted by Crippen LogP contribution is 2.30. The molecule has 0 radical (unpaired) electrons. The molecular weight excluding hydrogens is 342 g/mol. The number of thiophene rings is 1. The summed E-state index contributed by atoms with van der Waals surface area (Å²) in [5.41, 5.74) is 2.01. The summed E-state index contributed by atoms with van der Waals surface area (Å²) in [7, 11) is 0. The Labute approximate surface area is 127 Å². The monoisotopic (exact) mass is 349 g/mol. The summed E-state index contributed by atoms with van der Waals surface area (Å²) in [6.07, 6.45) is 1.52. The van der Waals surface area contributed by atoms with Crippen molar-refractivity contribution in [3.05, 3.63) is 54.9 Å². The van der Waals surface area contributed by atoms with Crippen molar-refractivity contribution in [3.63, 3.8) is 0 Å². The first-order chi connectivity index (χ1) is 9.52. The van der Waals surface area contributed by atoms with Gasteiger partial charge in [0, 0.05) is 12.3 Å². The van der Waals surface area contributed by atoms with Gasteiger partial charge in [0.15, 0.2) is 0 Å². The Hall–Kier alpha value is -2.04. The second-order valence-corrected chi connectivity index (χ2v) is 5.65. The van der Waals surface area contributed by atoms with Crippen molar-refractivity contribution in [2.45, 2.75) is 6.92 Å². The Morgan fingerprint density at radius 2 is 2.30 bits per heavy atom. The Kier molecular flexibility index (Phi) is 4.27. The molecule has 1 aromatic heterocycles. The van der Waals surface area contributed by atoms with E-state index >= 15 is 0 Å². The smallest absolute Gasteiger partial charge is 0.258 e. The van der Waals surface area contributed by atoms with Gasteiger partial charge in [-0.15, -0.1) is 11.3 Å². The van der Waals surface area contributed by atoms with Gasteiger partial charge < -0.3 is 0 Å². The van der Waals surface area contributed by atoms with E-state index in [4.69, 9.17) is 5.26 Å². The van der Waals surface area contributed by atoms with E-state index in [2.05, 4.69) is 27.0 Å².